The maximum atomic E-state index is 9.39. The Kier molecular flexibility index (Phi) is 3.03. The zero-order valence-electron chi connectivity index (χ0n) is 12.0. The lowest BCUT2D eigenvalue weighted by Crippen LogP contribution is -2.09. The molecule has 0 spiro atoms. The minimum atomic E-state index is 0.413. The van der Waals surface area contributed by atoms with Gasteiger partial charge >= 0.3 is 0 Å². The summed E-state index contributed by atoms with van der Waals surface area (Å²) in [5, 5.41) is 13.8. The molecule has 0 aliphatic carbocycles. The summed E-state index contributed by atoms with van der Waals surface area (Å²) in [7, 11) is 0. The first kappa shape index (κ1) is 13.1. The quantitative estimate of drug-likeness (QED) is 0.720. The number of hydrogen-bond donors (Lipinski definition) is 0. The van der Waals surface area contributed by atoms with Gasteiger partial charge in [0.25, 0.3) is 0 Å². The minimum absolute atomic E-state index is 0.413. The molecule has 0 radical (unpaired) electrons. The van der Waals surface area contributed by atoms with Gasteiger partial charge in [-0.25, -0.2) is 14.6 Å². The van der Waals surface area contributed by atoms with Gasteiger partial charge in [0.1, 0.15) is 11.6 Å². The molecule has 0 unspecified atom stereocenters. The highest BCUT2D eigenvalue weighted by Gasteiger charge is 2.17. The van der Waals surface area contributed by atoms with Crippen LogP contribution in [0.1, 0.15) is 22.6 Å². The van der Waals surface area contributed by atoms with Crippen molar-refractivity contribution in [2.75, 3.05) is 0 Å². The van der Waals surface area contributed by atoms with Crippen LogP contribution in [0.5, 0.6) is 0 Å². The van der Waals surface area contributed by atoms with Crippen LogP contribution in [0.4, 0.5) is 0 Å². The van der Waals surface area contributed by atoms with Crippen LogP contribution in [-0.4, -0.2) is 19.7 Å². The third-order valence-corrected chi connectivity index (χ3v) is 3.13. The van der Waals surface area contributed by atoms with Crippen molar-refractivity contribution in [3.63, 3.8) is 0 Å². The molecule has 0 atom stereocenters. The standard InChI is InChI=1S/C15H13N5O/c1-9-7-10(2)20(19-9)15-12(8-16)11(3)17-14(18-15)13-5-4-6-21-13/h4-7H,1-3H3. The second kappa shape index (κ2) is 4.87. The van der Waals surface area contributed by atoms with E-state index >= 15 is 0 Å². The second-order valence-corrected chi connectivity index (χ2v) is 4.76. The lowest BCUT2D eigenvalue weighted by molar-refractivity contribution is 0.576. The molecule has 0 amide bonds. The predicted molar refractivity (Wildman–Crippen MR) is 75.8 cm³/mol. The number of aromatic nitrogens is 4. The van der Waals surface area contributed by atoms with Crippen molar-refractivity contribution >= 4 is 0 Å². The van der Waals surface area contributed by atoms with Crippen molar-refractivity contribution in [3.05, 3.63) is 47.1 Å². The van der Waals surface area contributed by atoms with Crippen molar-refractivity contribution in [2.45, 2.75) is 20.8 Å². The number of nitrogens with zero attached hydrogens (tertiary/aromatic N) is 5. The Morgan fingerprint density at radius 1 is 1.24 bits per heavy atom. The van der Waals surface area contributed by atoms with Crippen LogP contribution in [0, 0.1) is 32.1 Å². The molecule has 6 nitrogen and oxygen atoms in total. The van der Waals surface area contributed by atoms with Crippen molar-refractivity contribution in [1.82, 2.24) is 19.7 Å². The Bertz CT molecular complexity index is 840. The normalized spacial score (nSPS) is 10.6. The molecule has 0 saturated heterocycles. The number of rotatable bonds is 2. The summed E-state index contributed by atoms with van der Waals surface area (Å²) in [6.45, 7) is 5.60. The van der Waals surface area contributed by atoms with Gasteiger partial charge in [-0.15, -0.1) is 0 Å². The molecule has 0 saturated carbocycles. The summed E-state index contributed by atoms with van der Waals surface area (Å²) in [5.74, 6) is 1.48. The van der Waals surface area contributed by atoms with Gasteiger partial charge in [-0.3, -0.25) is 0 Å². The predicted octanol–water partition coefficient (Wildman–Crippen LogP) is 2.72. The smallest absolute Gasteiger partial charge is 0.198 e. The minimum Gasteiger partial charge on any atom is -0.461 e. The number of aryl methyl sites for hydroxylation is 3. The van der Waals surface area contributed by atoms with E-state index in [1.165, 1.54) is 0 Å². The molecule has 3 rings (SSSR count). The van der Waals surface area contributed by atoms with Gasteiger partial charge < -0.3 is 4.42 Å². The zero-order valence-corrected chi connectivity index (χ0v) is 12.0. The van der Waals surface area contributed by atoms with Gasteiger partial charge in [-0.05, 0) is 39.0 Å². The average Bonchev–Trinajstić information content (AvgIpc) is 3.07. The van der Waals surface area contributed by atoms with Gasteiger partial charge in [0.05, 0.1) is 17.7 Å². The average molecular weight is 279 g/mol. The molecule has 3 aromatic rings. The maximum Gasteiger partial charge on any atom is 0.198 e. The van der Waals surface area contributed by atoms with E-state index < -0.39 is 0 Å². The number of furan rings is 1. The summed E-state index contributed by atoms with van der Waals surface area (Å²) in [6, 6.07) is 7.65. The van der Waals surface area contributed by atoms with E-state index in [9.17, 15) is 5.26 Å². The first-order valence-corrected chi connectivity index (χ1v) is 6.46. The molecule has 0 aromatic carbocycles. The topological polar surface area (TPSA) is 80.5 Å². The molecule has 0 N–H and O–H groups in total. The molecule has 3 aromatic heterocycles. The van der Waals surface area contributed by atoms with Crippen LogP contribution in [0.15, 0.2) is 28.9 Å². The summed E-state index contributed by atoms with van der Waals surface area (Å²) in [4.78, 5) is 8.80. The molecule has 0 aliphatic rings. The summed E-state index contributed by atoms with van der Waals surface area (Å²) in [5.41, 5.74) is 2.79. The van der Waals surface area contributed by atoms with Gasteiger partial charge in [-0.1, -0.05) is 0 Å². The van der Waals surface area contributed by atoms with Crippen molar-refractivity contribution in [2.24, 2.45) is 0 Å². The SMILES string of the molecule is Cc1cc(C)n(-c2nc(-c3ccco3)nc(C)c2C#N)n1. The van der Waals surface area contributed by atoms with Gasteiger partial charge in [0.2, 0.25) is 0 Å². The number of hydrogen-bond acceptors (Lipinski definition) is 5. The van der Waals surface area contributed by atoms with Crippen molar-refractivity contribution < 1.29 is 4.42 Å². The number of nitriles is 1. The lowest BCUT2D eigenvalue weighted by atomic mass is 10.2. The Morgan fingerprint density at radius 3 is 2.62 bits per heavy atom. The van der Waals surface area contributed by atoms with E-state index in [1.807, 2.05) is 19.9 Å². The maximum absolute atomic E-state index is 9.39. The Balaban J connectivity index is 2.28. The Labute approximate surface area is 121 Å². The van der Waals surface area contributed by atoms with Crippen LogP contribution in [-0.2, 0) is 0 Å². The highest BCUT2D eigenvalue weighted by atomic mass is 16.3. The fourth-order valence-corrected chi connectivity index (χ4v) is 2.20. The third-order valence-electron chi connectivity index (χ3n) is 3.13. The third kappa shape index (κ3) is 2.19. The molecule has 3 heterocycles. The van der Waals surface area contributed by atoms with E-state index in [0.29, 0.717) is 28.7 Å². The molecule has 0 bridgehead atoms. The molecule has 0 fully saturated rings. The van der Waals surface area contributed by atoms with Crippen molar-refractivity contribution in [1.29, 1.82) is 5.26 Å². The van der Waals surface area contributed by atoms with Crippen LogP contribution >= 0.6 is 0 Å². The van der Waals surface area contributed by atoms with E-state index in [2.05, 4.69) is 21.1 Å². The molecular formula is C15H13N5O. The summed E-state index contributed by atoms with van der Waals surface area (Å²) < 4.78 is 7.00. The van der Waals surface area contributed by atoms with Crippen LogP contribution in [0.25, 0.3) is 17.4 Å². The largest absolute Gasteiger partial charge is 0.461 e. The summed E-state index contributed by atoms with van der Waals surface area (Å²) >= 11 is 0. The molecule has 21 heavy (non-hydrogen) atoms. The molecule has 0 aliphatic heterocycles. The first-order valence-electron chi connectivity index (χ1n) is 6.46. The van der Waals surface area contributed by atoms with E-state index in [-0.39, 0.29) is 0 Å². The fourth-order valence-electron chi connectivity index (χ4n) is 2.20. The molecule has 104 valence electrons. The first-order chi connectivity index (χ1) is 10.1. The Morgan fingerprint density at radius 2 is 2.05 bits per heavy atom. The van der Waals surface area contributed by atoms with E-state index in [1.54, 1.807) is 30.0 Å². The fraction of sp³-hybridized carbons (Fsp3) is 0.200. The van der Waals surface area contributed by atoms with Gasteiger partial charge in [0.15, 0.2) is 17.4 Å². The highest BCUT2D eigenvalue weighted by Crippen LogP contribution is 2.22. The Hall–Kier alpha value is -2.94. The van der Waals surface area contributed by atoms with Crippen molar-refractivity contribution in [3.8, 4) is 23.5 Å². The zero-order chi connectivity index (χ0) is 15.0. The molecule has 6 heteroatoms. The van der Waals surface area contributed by atoms with E-state index in [0.717, 1.165) is 11.4 Å². The van der Waals surface area contributed by atoms with Crippen LogP contribution in [0.2, 0.25) is 0 Å². The van der Waals surface area contributed by atoms with E-state index in [4.69, 9.17) is 4.42 Å². The van der Waals surface area contributed by atoms with Crippen LogP contribution < -0.4 is 0 Å². The van der Waals surface area contributed by atoms with Gasteiger partial charge in [0, 0.05) is 5.69 Å². The highest BCUT2D eigenvalue weighted by molar-refractivity contribution is 5.54. The molecular weight excluding hydrogens is 266 g/mol. The van der Waals surface area contributed by atoms with Crippen LogP contribution in [0.3, 0.4) is 0 Å². The lowest BCUT2D eigenvalue weighted by Gasteiger charge is -2.09. The monoisotopic (exact) mass is 279 g/mol. The second-order valence-electron chi connectivity index (χ2n) is 4.76. The van der Waals surface area contributed by atoms with Gasteiger partial charge in [-0.2, -0.15) is 10.4 Å². The summed E-state index contributed by atoms with van der Waals surface area (Å²) in [6.07, 6.45) is 1.56.